The molecule has 124 valence electrons. The number of carbonyl (C=O) groups excluding carboxylic acids is 1. The Labute approximate surface area is 147 Å². The van der Waals surface area contributed by atoms with E-state index in [4.69, 9.17) is 0 Å². The number of hydrogen-bond acceptors (Lipinski definition) is 6. The maximum atomic E-state index is 12.6. The van der Waals surface area contributed by atoms with E-state index >= 15 is 0 Å². The highest BCUT2D eigenvalue weighted by atomic mass is 32.1. The van der Waals surface area contributed by atoms with E-state index in [0.717, 1.165) is 41.1 Å². The van der Waals surface area contributed by atoms with Crippen LogP contribution in [-0.2, 0) is 12.8 Å². The Balaban J connectivity index is 1.53. The lowest BCUT2D eigenvalue weighted by atomic mass is 9.88. The number of rotatable bonds is 3. The fraction of sp³-hybridized carbons (Fsp3) is 0.375. The maximum absolute atomic E-state index is 12.6. The van der Waals surface area contributed by atoms with Gasteiger partial charge in [-0.05, 0) is 37.7 Å². The van der Waals surface area contributed by atoms with Gasteiger partial charge < -0.3 is 0 Å². The van der Waals surface area contributed by atoms with Crippen LogP contribution in [0.5, 0.6) is 0 Å². The summed E-state index contributed by atoms with van der Waals surface area (Å²) in [6.07, 6.45) is 4.93. The van der Waals surface area contributed by atoms with Crippen LogP contribution in [0.3, 0.4) is 0 Å². The molecule has 0 fully saturated rings. The van der Waals surface area contributed by atoms with Crippen LogP contribution in [0, 0.1) is 12.8 Å². The van der Waals surface area contributed by atoms with Crippen molar-refractivity contribution in [2.45, 2.75) is 33.1 Å². The summed E-state index contributed by atoms with van der Waals surface area (Å²) >= 11 is 3.05. The molecule has 0 saturated carbocycles. The number of H-pyrrole nitrogens is 1. The average Bonchev–Trinajstić information content (AvgIpc) is 3.26. The van der Waals surface area contributed by atoms with Crippen LogP contribution in [-0.4, -0.2) is 26.3 Å². The van der Waals surface area contributed by atoms with E-state index in [1.807, 2.05) is 12.3 Å². The molecule has 0 aliphatic heterocycles. The Morgan fingerprint density at radius 3 is 3.08 bits per heavy atom. The first-order valence-electron chi connectivity index (χ1n) is 7.86. The highest BCUT2D eigenvalue weighted by Crippen LogP contribution is 2.34. The molecule has 0 aromatic carbocycles. The number of hydrogen-bond donors (Lipinski definition) is 2. The van der Waals surface area contributed by atoms with Gasteiger partial charge >= 0.3 is 0 Å². The van der Waals surface area contributed by atoms with E-state index < -0.39 is 0 Å². The Morgan fingerprint density at radius 1 is 1.42 bits per heavy atom. The van der Waals surface area contributed by atoms with Crippen LogP contribution in [0.15, 0.2) is 11.6 Å². The molecule has 1 aliphatic rings. The molecule has 0 spiro atoms. The van der Waals surface area contributed by atoms with E-state index in [-0.39, 0.29) is 5.91 Å². The predicted octanol–water partition coefficient (Wildman–Crippen LogP) is 3.68. The first-order valence-corrected chi connectivity index (χ1v) is 9.56. The van der Waals surface area contributed by atoms with Gasteiger partial charge in [0, 0.05) is 16.0 Å². The van der Waals surface area contributed by atoms with Gasteiger partial charge in [0.2, 0.25) is 5.13 Å². The maximum Gasteiger partial charge on any atom is 0.258 e. The van der Waals surface area contributed by atoms with Gasteiger partial charge in [0.15, 0.2) is 5.01 Å². The number of fused-ring (bicyclic) bond motifs is 1. The van der Waals surface area contributed by atoms with Gasteiger partial charge in [0.25, 0.3) is 5.91 Å². The van der Waals surface area contributed by atoms with Crippen molar-refractivity contribution in [3.63, 3.8) is 0 Å². The van der Waals surface area contributed by atoms with Crippen molar-refractivity contribution in [2.75, 3.05) is 5.32 Å². The molecule has 6 nitrogen and oxygen atoms in total. The number of nitrogens with one attached hydrogen (secondary N) is 2. The third-order valence-electron chi connectivity index (χ3n) is 4.35. The number of carbonyl (C=O) groups is 1. The Morgan fingerprint density at radius 2 is 2.29 bits per heavy atom. The SMILES string of the molecule is Cc1[nH]ncc1-c1nnc(NC(=O)c2csc3c2CCC(C)C3)s1. The van der Waals surface area contributed by atoms with Gasteiger partial charge in [0.05, 0.1) is 17.3 Å². The zero-order valence-electron chi connectivity index (χ0n) is 13.4. The number of aromatic nitrogens is 4. The highest BCUT2D eigenvalue weighted by molar-refractivity contribution is 7.18. The number of aryl methyl sites for hydroxylation is 1. The molecule has 0 radical (unpaired) electrons. The molecule has 3 aromatic rings. The van der Waals surface area contributed by atoms with E-state index in [1.54, 1.807) is 17.5 Å². The molecule has 1 unspecified atom stereocenters. The largest absolute Gasteiger partial charge is 0.296 e. The summed E-state index contributed by atoms with van der Waals surface area (Å²) in [5, 5.41) is 21.2. The van der Waals surface area contributed by atoms with Crippen LogP contribution < -0.4 is 5.32 Å². The summed E-state index contributed by atoms with van der Waals surface area (Å²) in [6.45, 7) is 4.20. The number of amides is 1. The fourth-order valence-corrected chi connectivity index (χ4v) is 5.03. The van der Waals surface area contributed by atoms with Gasteiger partial charge in [-0.1, -0.05) is 18.3 Å². The van der Waals surface area contributed by atoms with Gasteiger partial charge in [-0.3, -0.25) is 15.2 Å². The Kier molecular flexibility index (Phi) is 3.93. The smallest absolute Gasteiger partial charge is 0.258 e. The quantitative estimate of drug-likeness (QED) is 0.747. The summed E-state index contributed by atoms with van der Waals surface area (Å²) in [7, 11) is 0. The van der Waals surface area contributed by atoms with Crippen molar-refractivity contribution >= 4 is 33.7 Å². The third-order valence-corrected chi connectivity index (χ3v) is 6.28. The second-order valence-electron chi connectivity index (χ2n) is 6.17. The van der Waals surface area contributed by atoms with Crippen LogP contribution in [0.25, 0.3) is 10.6 Å². The Bertz CT molecular complexity index is 894. The topological polar surface area (TPSA) is 83.6 Å². The number of anilines is 1. The summed E-state index contributed by atoms with van der Waals surface area (Å²) in [5.41, 5.74) is 3.85. The zero-order valence-corrected chi connectivity index (χ0v) is 15.1. The van der Waals surface area contributed by atoms with Crippen LogP contribution in [0.2, 0.25) is 0 Å². The van der Waals surface area contributed by atoms with Gasteiger partial charge in [-0.25, -0.2) is 0 Å². The minimum absolute atomic E-state index is 0.0892. The van der Waals surface area contributed by atoms with Crippen molar-refractivity contribution in [2.24, 2.45) is 5.92 Å². The van der Waals surface area contributed by atoms with Crippen molar-refractivity contribution < 1.29 is 4.79 Å². The van der Waals surface area contributed by atoms with Gasteiger partial charge in [-0.2, -0.15) is 5.10 Å². The van der Waals surface area contributed by atoms with Crippen LogP contribution in [0.4, 0.5) is 5.13 Å². The molecular weight excluding hydrogens is 342 g/mol. The second-order valence-corrected chi connectivity index (χ2v) is 8.12. The van der Waals surface area contributed by atoms with E-state index in [1.165, 1.54) is 21.8 Å². The minimum Gasteiger partial charge on any atom is -0.296 e. The van der Waals surface area contributed by atoms with Crippen molar-refractivity contribution in [3.05, 3.63) is 33.3 Å². The second kappa shape index (κ2) is 6.10. The monoisotopic (exact) mass is 359 g/mol. The van der Waals surface area contributed by atoms with Gasteiger partial charge in [-0.15, -0.1) is 21.5 Å². The fourth-order valence-electron chi connectivity index (χ4n) is 2.98. The molecule has 24 heavy (non-hydrogen) atoms. The zero-order chi connectivity index (χ0) is 16.7. The molecule has 2 N–H and O–H groups in total. The lowest BCUT2D eigenvalue weighted by Gasteiger charge is -2.18. The van der Waals surface area contributed by atoms with Crippen LogP contribution in [0.1, 0.15) is 39.8 Å². The summed E-state index contributed by atoms with van der Waals surface area (Å²) in [6, 6.07) is 0. The molecule has 8 heteroatoms. The number of aromatic amines is 1. The molecule has 0 saturated heterocycles. The molecule has 4 rings (SSSR count). The first-order chi connectivity index (χ1) is 11.6. The van der Waals surface area contributed by atoms with E-state index in [2.05, 4.69) is 32.6 Å². The van der Waals surface area contributed by atoms with Crippen molar-refractivity contribution in [3.8, 4) is 10.6 Å². The van der Waals surface area contributed by atoms with Crippen molar-refractivity contribution in [1.29, 1.82) is 0 Å². The number of thiophene rings is 1. The molecule has 3 heterocycles. The summed E-state index contributed by atoms with van der Waals surface area (Å²) in [4.78, 5) is 14.0. The Hall–Kier alpha value is -2.06. The molecule has 1 aliphatic carbocycles. The number of nitrogens with zero attached hydrogens (tertiary/aromatic N) is 3. The van der Waals surface area contributed by atoms with E-state index in [9.17, 15) is 4.79 Å². The highest BCUT2D eigenvalue weighted by Gasteiger charge is 2.24. The summed E-state index contributed by atoms with van der Waals surface area (Å²) in [5.74, 6) is 0.615. The van der Waals surface area contributed by atoms with Crippen molar-refractivity contribution in [1.82, 2.24) is 20.4 Å². The molecule has 1 amide bonds. The summed E-state index contributed by atoms with van der Waals surface area (Å²) < 4.78 is 0. The van der Waals surface area contributed by atoms with E-state index in [0.29, 0.717) is 11.0 Å². The normalized spacial score (nSPS) is 16.8. The average molecular weight is 359 g/mol. The van der Waals surface area contributed by atoms with Gasteiger partial charge in [0.1, 0.15) is 0 Å². The third kappa shape index (κ3) is 2.76. The minimum atomic E-state index is -0.0892. The van der Waals surface area contributed by atoms with Crippen LogP contribution >= 0.6 is 22.7 Å². The molecule has 3 aromatic heterocycles. The molecular formula is C16H17N5OS2. The standard InChI is InChI=1S/C16H17N5OS2/c1-8-3-4-10-12(7-23-13(10)5-8)14(22)18-16-21-20-15(24-16)11-6-17-19-9(11)2/h6-8H,3-5H2,1-2H3,(H,17,19)(H,18,21,22). The first kappa shape index (κ1) is 15.5. The lowest BCUT2D eigenvalue weighted by Crippen LogP contribution is -2.16. The lowest BCUT2D eigenvalue weighted by molar-refractivity contribution is 0.102. The predicted molar refractivity (Wildman–Crippen MR) is 95.7 cm³/mol. The molecule has 1 atom stereocenters. The molecule has 0 bridgehead atoms.